The number of thiocarbonyl (C=S) groups is 1. The normalized spacial score (nSPS) is 9.47. The number of nitrogens with one attached hydrogen (secondary N) is 2. The Labute approximate surface area is 93.0 Å². The van der Waals surface area contributed by atoms with E-state index in [4.69, 9.17) is 5.73 Å². The molecule has 1 rings (SSSR count). The Hall–Kier alpha value is -1.69. The fourth-order valence-corrected chi connectivity index (χ4v) is 1.16. The molecule has 1 aromatic heterocycles. The summed E-state index contributed by atoms with van der Waals surface area (Å²) in [5, 5.41) is 0.0149. The molecule has 1 heterocycles. The van der Waals surface area contributed by atoms with Crippen LogP contribution in [0.5, 0.6) is 0 Å². The van der Waals surface area contributed by atoms with Crippen molar-refractivity contribution in [2.45, 2.75) is 13.8 Å². The summed E-state index contributed by atoms with van der Waals surface area (Å²) in [5.74, 6) is -0.312. The Morgan fingerprint density at radius 1 is 1.40 bits per heavy atom. The minimum absolute atomic E-state index is 0.0149. The lowest BCUT2D eigenvalue weighted by molar-refractivity contribution is 0.0943. The molecule has 0 saturated heterocycles. The van der Waals surface area contributed by atoms with Crippen molar-refractivity contribution in [3.8, 4) is 0 Å². The molecule has 0 aliphatic carbocycles. The summed E-state index contributed by atoms with van der Waals surface area (Å²) in [5.41, 5.74) is 11.9. The van der Waals surface area contributed by atoms with Crippen LogP contribution in [0.1, 0.15) is 21.7 Å². The first-order valence-electron chi connectivity index (χ1n) is 4.30. The number of hydrazine groups is 1. The smallest absolute Gasteiger partial charge is 0.271 e. The number of amides is 1. The van der Waals surface area contributed by atoms with Gasteiger partial charge in [0.1, 0.15) is 0 Å². The number of aromatic nitrogens is 1. The maximum Gasteiger partial charge on any atom is 0.271 e. The van der Waals surface area contributed by atoms with Gasteiger partial charge in [0.05, 0.1) is 11.3 Å². The van der Waals surface area contributed by atoms with Gasteiger partial charge in [0.2, 0.25) is 0 Å². The molecular formula is C9H12N4OS. The number of carbonyl (C=O) groups excluding carboxylic acids is 1. The number of rotatable bonds is 1. The van der Waals surface area contributed by atoms with Gasteiger partial charge in [0, 0.05) is 5.69 Å². The maximum absolute atomic E-state index is 11.6. The molecule has 0 fully saturated rings. The number of aryl methyl sites for hydroxylation is 2. The van der Waals surface area contributed by atoms with E-state index in [2.05, 4.69) is 28.1 Å². The zero-order valence-electron chi connectivity index (χ0n) is 8.50. The Morgan fingerprint density at radius 3 is 2.60 bits per heavy atom. The van der Waals surface area contributed by atoms with E-state index in [9.17, 15) is 4.79 Å². The van der Waals surface area contributed by atoms with Gasteiger partial charge in [-0.3, -0.25) is 20.6 Å². The van der Waals surface area contributed by atoms with E-state index in [1.54, 1.807) is 19.1 Å². The minimum atomic E-state index is -0.312. The molecular weight excluding hydrogens is 212 g/mol. The molecule has 0 aromatic carbocycles. The van der Waals surface area contributed by atoms with Crippen LogP contribution in [0, 0.1) is 13.8 Å². The fraction of sp³-hybridized carbons (Fsp3) is 0.222. The van der Waals surface area contributed by atoms with Crippen molar-refractivity contribution in [2.75, 3.05) is 0 Å². The SMILES string of the molecule is Cc1ccc(C(=O)NNC(N)=S)c(C)n1. The van der Waals surface area contributed by atoms with Gasteiger partial charge in [-0.15, -0.1) is 0 Å². The van der Waals surface area contributed by atoms with Crippen molar-refractivity contribution in [2.24, 2.45) is 5.73 Å². The van der Waals surface area contributed by atoms with Gasteiger partial charge in [-0.25, -0.2) is 0 Å². The van der Waals surface area contributed by atoms with Crippen molar-refractivity contribution in [3.05, 3.63) is 29.1 Å². The Bertz CT molecular complexity index is 405. The summed E-state index contributed by atoms with van der Waals surface area (Å²) >= 11 is 4.55. The highest BCUT2D eigenvalue weighted by atomic mass is 32.1. The van der Waals surface area contributed by atoms with Gasteiger partial charge in [-0.05, 0) is 38.2 Å². The van der Waals surface area contributed by atoms with Gasteiger partial charge < -0.3 is 5.73 Å². The summed E-state index contributed by atoms with van der Waals surface area (Å²) in [6.45, 7) is 3.63. The minimum Gasteiger partial charge on any atom is -0.375 e. The van der Waals surface area contributed by atoms with Crippen molar-refractivity contribution in [1.29, 1.82) is 0 Å². The first kappa shape index (κ1) is 11.4. The Kier molecular flexibility index (Phi) is 3.56. The number of nitrogens with zero attached hydrogens (tertiary/aromatic N) is 1. The third-order valence-corrected chi connectivity index (χ3v) is 1.87. The monoisotopic (exact) mass is 224 g/mol. The predicted molar refractivity (Wildman–Crippen MR) is 61.1 cm³/mol. The molecule has 0 aliphatic heterocycles. The van der Waals surface area contributed by atoms with Gasteiger partial charge >= 0.3 is 0 Å². The second-order valence-corrected chi connectivity index (χ2v) is 3.47. The third-order valence-electron chi connectivity index (χ3n) is 1.77. The van der Waals surface area contributed by atoms with E-state index in [1.807, 2.05) is 6.92 Å². The fourth-order valence-electron chi connectivity index (χ4n) is 1.11. The van der Waals surface area contributed by atoms with Crippen LogP contribution in [0.25, 0.3) is 0 Å². The predicted octanol–water partition coefficient (Wildman–Crippen LogP) is 0.176. The molecule has 1 aromatic rings. The quantitative estimate of drug-likeness (QED) is 0.468. The molecule has 15 heavy (non-hydrogen) atoms. The first-order valence-corrected chi connectivity index (χ1v) is 4.71. The molecule has 0 radical (unpaired) electrons. The van der Waals surface area contributed by atoms with Gasteiger partial charge in [-0.1, -0.05) is 0 Å². The molecule has 4 N–H and O–H groups in total. The van der Waals surface area contributed by atoms with Crippen LogP contribution < -0.4 is 16.6 Å². The second kappa shape index (κ2) is 4.70. The number of pyridine rings is 1. The third kappa shape index (κ3) is 3.17. The van der Waals surface area contributed by atoms with Crippen molar-refractivity contribution in [1.82, 2.24) is 15.8 Å². The van der Waals surface area contributed by atoms with Crippen molar-refractivity contribution < 1.29 is 4.79 Å². The number of nitrogens with two attached hydrogens (primary N) is 1. The highest BCUT2D eigenvalue weighted by Crippen LogP contribution is 2.05. The van der Waals surface area contributed by atoms with Gasteiger partial charge in [0.15, 0.2) is 5.11 Å². The number of hydrogen-bond acceptors (Lipinski definition) is 3. The average Bonchev–Trinajstić information content (AvgIpc) is 2.14. The van der Waals surface area contributed by atoms with Crippen LogP contribution in [0.4, 0.5) is 0 Å². The Morgan fingerprint density at radius 2 is 2.07 bits per heavy atom. The molecule has 6 heteroatoms. The molecule has 0 unspecified atom stereocenters. The van der Waals surface area contributed by atoms with E-state index < -0.39 is 0 Å². The lowest BCUT2D eigenvalue weighted by atomic mass is 10.2. The molecule has 0 atom stereocenters. The molecule has 0 saturated carbocycles. The summed E-state index contributed by atoms with van der Waals surface area (Å²) in [6.07, 6.45) is 0. The summed E-state index contributed by atoms with van der Waals surface area (Å²) in [6, 6.07) is 3.47. The number of carbonyl (C=O) groups is 1. The van der Waals surface area contributed by atoms with Gasteiger partial charge in [0.25, 0.3) is 5.91 Å². The zero-order valence-corrected chi connectivity index (χ0v) is 9.31. The molecule has 0 spiro atoms. The van der Waals surface area contributed by atoms with Crippen LogP contribution in [0.2, 0.25) is 0 Å². The summed E-state index contributed by atoms with van der Waals surface area (Å²) < 4.78 is 0. The lowest BCUT2D eigenvalue weighted by Gasteiger charge is -2.08. The van der Waals surface area contributed by atoms with Crippen LogP contribution in [-0.2, 0) is 0 Å². The van der Waals surface area contributed by atoms with Crippen LogP contribution in [0.3, 0.4) is 0 Å². The maximum atomic E-state index is 11.6. The van der Waals surface area contributed by atoms with E-state index in [1.165, 1.54) is 0 Å². The van der Waals surface area contributed by atoms with Crippen LogP contribution in [-0.4, -0.2) is 16.0 Å². The average molecular weight is 224 g/mol. The highest BCUT2D eigenvalue weighted by Gasteiger charge is 2.09. The first-order chi connectivity index (χ1) is 7.00. The largest absolute Gasteiger partial charge is 0.375 e. The molecule has 0 aliphatic rings. The van der Waals surface area contributed by atoms with E-state index in [0.29, 0.717) is 11.3 Å². The summed E-state index contributed by atoms with van der Waals surface area (Å²) in [7, 11) is 0. The van der Waals surface area contributed by atoms with Crippen molar-refractivity contribution in [3.63, 3.8) is 0 Å². The van der Waals surface area contributed by atoms with E-state index in [-0.39, 0.29) is 11.0 Å². The van der Waals surface area contributed by atoms with E-state index >= 15 is 0 Å². The van der Waals surface area contributed by atoms with E-state index in [0.717, 1.165) is 5.69 Å². The Balaban J connectivity index is 2.78. The topological polar surface area (TPSA) is 80.0 Å². The lowest BCUT2D eigenvalue weighted by Crippen LogP contribution is -2.44. The van der Waals surface area contributed by atoms with Gasteiger partial charge in [-0.2, -0.15) is 0 Å². The number of hydrogen-bond donors (Lipinski definition) is 3. The second-order valence-electron chi connectivity index (χ2n) is 3.03. The molecule has 80 valence electrons. The molecule has 1 amide bonds. The standard InChI is InChI=1S/C9H12N4OS/c1-5-3-4-7(6(2)11-5)8(14)12-13-9(10)15/h3-4H,1-2H3,(H,12,14)(H3,10,13,15). The van der Waals surface area contributed by atoms with Crippen LogP contribution in [0.15, 0.2) is 12.1 Å². The zero-order chi connectivity index (χ0) is 11.4. The highest BCUT2D eigenvalue weighted by molar-refractivity contribution is 7.80. The molecule has 0 bridgehead atoms. The summed E-state index contributed by atoms with van der Waals surface area (Å²) in [4.78, 5) is 15.7. The molecule has 5 nitrogen and oxygen atoms in total. The van der Waals surface area contributed by atoms with Crippen molar-refractivity contribution >= 4 is 23.2 Å². The van der Waals surface area contributed by atoms with Crippen LogP contribution >= 0.6 is 12.2 Å².